The maximum absolute atomic E-state index is 6.36. The van der Waals surface area contributed by atoms with Gasteiger partial charge in [-0.3, -0.25) is 0 Å². The van der Waals surface area contributed by atoms with Gasteiger partial charge in [0.05, 0.1) is 0 Å². The number of hydrogen-bond acceptors (Lipinski definition) is 2. The first kappa shape index (κ1) is 10.2. The highest BCUT2D eigenvalue weighted by Gasteiger charge is 2.31. The van der Waals surface area contributed by atoms with Crippen LogP contribution in [0.1, 0.15) is 38.5 Å². The Morgan fingerprint density at radius 3 is 2.36 bits per heavy atom. The van der Waals surface area contributed by atoms with Crippen LogP contribution in [0.5, 0.6) is 0 Å². The number of nitrogens with two attached hydrogens (primary N) is 1. The van der Waals surface area contributed by atoms with Gasteiger partial charge in [-0.15, -0.1) is 0 Å². The average molecular weight is 194 g/mol. The summed E-state index contributed by atoms with van der Waals surface area (Å²) in [5.74, 6) is 0. The van der Waals surface area contributed by atoms with Crippen molar-refractivity contribution in [2.24, 2.45) is 5.73 Å². The minimum absolute atomic E-state index is 0.138. The molecule has 2 nitrogen and oxygen atoms in total. The van der Waals surface area contributed by atoms with Crippen LogP contribution < -0.4 is 5.73 Å². The highest BCUT2D eigenvalue weighted by atomic mass is 15.1. The van der Waals surface area contributed by atoms with E-state index in [2.05, 4.69) is 11.5 Å². The van der Waals surface area contributed by atoms with Gasteiger partial charge in [-0.2, -0.15) is 0 Å². The van der Waals surface area contributed by atoms with Gasteiger partial charge in [-0.05, 0) is 25.7 Å². The maximum atomic E-state index is 6.36. The van der Waals surface area contributed by atoms with Crippen molar-refractivity contribution < 1.29 is 0 Å². The highest BCUT2D eigenvalue weighted by Crippen LogP contribution is 2.29. The minimum atomic E-state index is 0.138. The van der Waals surface area contributed by atoms with Gasteiger partial charge in [-0.25, -0.2) is 0 Å². The van der Waals surface area contributed by atoms with E-state index in [1.807, 2.05) is 0 Å². The molecule has 2 heteroatoms. The van der Waals surface area contributed by atoms with Crippen LogP contribution in [0.15, 0.2) is 12.2 Å². The topological polar surface area (TPSA) is 29.3 Å². The van der Waals surface area contributed by atoms with Crippen LogP contribution in [0.25, 0.3) is 0 Å². The van der Waals surface area contributed by atoms with Crippen molar-refractivity contribution in [3.8, 4) is 0 Å². The predicted molar refractivity (Wildman–Crippen MR) is 60.2 cm³/mol. The van der Waals surface area contributed by atoms with Crippen LogP contribution in [0.4, 0.5) is 0 Å². The molecule has 1 aliphatic carbocycles. The first-order valence-corrected chi connectivity index (χ1v) is 5.86. The van der Waals surface area contributed by atoms with E-state index >= 15 is 0 Å². The number of likely N-dealkylation sites (tertiary alicyclic amines) is 1. The molecule has 0 spiro atoms. The van der Waals surface area contributed by atoms with E-state index in [1.165, 1.54) is 57.2 Å². The van der Waals surface area contributed by atoms with E-state index in [0.29, 0.717) is 0 Å². The van der Waals surface area contributed by atoms with Crippen molar-refractivity contribution in [3.63, 3.8) is 0 Å². The molecule has 0 amide bonds. The number of piperidine rings is 1. The summed E-state index contributed by atoms with van der Waals surface area (Å²) < 4.78 is 0. The van der Waals surface area contributed by atoms with Gasteiger partial charge in [0, 0.05) is 25.2 Å². The maximum Gasteiger partial charge on any atom is 0.0283 e. The third-order valence-corrected chi connectivity index (χ3v) is 3.70. The Morgan fingerprint density at radius 1 is 1.21 bits per heavy atom. The van der Waals surface area contributed by atoms with E-state index < -0.39 is 0 Å². The Labute approximate surface area is 87.2 Å². The van der Waals surface area contributed by atoms with Crippen molar-refractivity contribution >= 4 is 0 Å². The van der Waals surface area contributed by atoms with E-state index in [0.717, 1.165) is 6.54 Å². The van der Waals surface area contributed by atoms with Gasteiger partial charge in [0.15, 0.2) is 0 Å². The van der Waals surface area contributed by atoms with E-state index in [9.17, 15) is 0 Å². The van der Waals surface area contributed by atoms with Crippen molar-refractivity contribution in [2.45, 2.75) is 44.1 Å². The molecule has 2 fully saturated rings. The van der Waals surface area contributed by atoms with Gasteiger partial charge >= 0.3 is 0 Å². The Morgan fingerprint density at radius 2 is 1.79 bits per heavy atom. The SMILES string of the molecule is C=C1CCN(CC2(N)CCCC2)CC1. The summed E-state index contributed by atoms with van der Waals surface area (Å²) in [6, 6.07) is 0. The fourth-order valence-corrected chi connectivity index (χ4v) is 2.71. The molecule has 2 N–H and O–H groups in total. The standard InChI is InChI=1S/C12H22N2/c1-11-4-8-14(9-5-11)10-12(13)6-2-3-7-12/h1-10,13H2. The summed E-state index contributed by atoms with van der Waals surface area (Å²) in [6.07, 6.45) is 7.47. The molecular formula is C12H22N2. The fourth-order valence-electron chi connectivity index (χ4n) is 2.71. The third-order valence-electron chi connectivity index (χ3n) is 3.70. The molecule has 0 aromatic heterocycles. The first-order valence-electron chi connectivity index (χ1n) is 5.86. The molecule has 0 radical (unpaired) electrons. The van der Waals surface area contributed by atoms with Crippen LogP contribution in [-0.2, 0) is 0 Å². The lowest BCUT2D eigenvalue weighted by Gasteiger charge is -2.35. The molecule has 0 aromatic rings. The molecule has 0 unspecified atom stereocenters. The van der Waals surface area contributed by atoms with Crippen LogP contribution >= 0.6 is 0 Å². The summed E-state index contributed by atoms with van der Waals surface area (Å²) in [5.41, 5.74) is 7.91. The molecule has 2 aliphatic rings. The van der Waals surface area contributed by atoms with Crippen LogP contribution in [-0.4, -0.2) is 30.1 Å². The van der Waals surface area contributed by atoms with Crippen LogP contribution in [0, 0.1) is 0 Å². The van der Waals surface area contributed by atoms with Gasteiger partial charge in [-0.1, -0.05) is 25.0 Å². The molecular weight excluding hydrogens is 172 g/mol. The summed E-state index contributed by atoms with van der Waals surface area (Å²) in [6.45, 7) is 7.51. The molecule has 1 heterocycles. The largest absolute Gasteiger partial charge is 0.324 e. The molecule has 0 aromatic carbocycles. The zero-order chi connectivity index (χ0) is 10.0. The molecule has 80 valence electrons. The summed E-state index contributed by atoms with van der Waals surface area (Å²) in [5, 5.41) is 0. The zero-order valence-electron chi connectivity index (χ0n) is 9.10. The van der Waals surface area contributed by atoms with Gasteiger partial charge < -0.3 is 10.6 Å². The second-order valence-corrected chi connectivity index (χ2v) is 5.10. The van der Waals surface area contributed by atoms with Crippen molar-refractivity contribution in [1.29, 1.82) is 0 Å². The third kappa shape index (κ3) is 2.37. The van der Waals surface area contributed by atoms with Gasteiger partial charge in [0.25, 0.3) is 0 Å². The van der Waals surface area contributed by atoms with E-state index in [-0.39, 0.29) is 5.54 Å². The highest BCUT2D eigenvalue weighted by molar-refractivity contribution is 5.01. The van der Waals surface area contributed by atoms with Crippen molar-refractivity contribution in [1.82, 2.24) is 4.90 Å². The number of rotatable bonds is 2. The molecule has 1 saturated carbocycles. The van der Waals surface area contributed by atoms with Gasteiger partial charge in [0.2, 0.25) is 0 Å². The Balaban J connectivity index is 1.82. The van der Waals surface area contributed by atoms with Gasteiger partial charge in [0.1, 0.15) is 0 Å². The Kier molecular flexibility index (Phi) is 2.93. The average Bonchev–Trinajstić information content (AvgIpc) is 2.57. The molecule has 14 heavy (non-hydrogen) atoms. The lowest BCUT2D eigenvalue weighted by molar-refractivity contribution is 0.197. The van der Waals surface area contributed by atoms with Crippen molar-refractivity contribution in [3.05, 3.63) is 12.2 Å². The molecule has 0 atom stereocenters. The number of hydrogen-bond donors (Lipinski definition) is 1. The quantitative estimate of drug-likeness (QED) is 0.680. The van der Waals surface area contributed by atoms with E-state index in [4.69, 9.17) is 5.73 Å². The predicted octanol–water partition coefficient (Wildman–Crippen LogP) is 1.91. The summed E-state index contributed by atoms with van der Waals surface area (Å²) in [4.78, 5) is 2.53. The van der Waals surface area contributed by atoms with Crippen LogP contribution in [0.3, 0.4) is 0 Å². The molecule has 0 bridgehead atoms. The number of nitrogens with zero attached hydrogens (tertiary/aromatic N) is 1. The zero-order valence-corrected chi connectivity index (χ0v) is 9.10. The normalized spacial score (nSPS) is 28.2. The Bertz CT molecular complexity index is 206. The van der Waals surface area contributed by atoms with Crippen LogP contribution in [0.2, 0.25) is 0 Å². The molecule has 2 rings (SSSR count). The van der Waals surface area contributed by atoms with E-state index in [1.54, 1.807) is 0 Å². The summed E-state index contributed by atoms with van der Waals surface area (Å²) >= 11 is 0. The second kappa shape index (κ2) is 4.03. The second-order valence-electron chi connectivity index (χ2n) is 5.10. The molecule has 1 aliphatic heterocycles. The summed E-state index contributed by atoms with van der Waals surface area (Å²) in [7, 11) is 0. The van der Waals surface area contributed by atoms with Crippen molar-refractivity contribution in [2.75, 3.05) is 19.6 Å². The first-order chi connectivity index (χ1) is 6.68. The minimum Gasteiger partial charge on any atom is -0.324 e. The lowest BCUT2D eigenvalue weighted by atomic mass is 9.96. The fraction of sp³-hybridized carbons (Fsp3) is 0.833. The lowest BCUT2D eigenvalue weighted by Crippen LogP contribution is -2.49. The molecule has 1 saturated heterocycles. The smallest absolute Gasteiger partial charge is 0.0283 e. The monoisotopic (exact) mass is 194 g/mol. The Hall–Kier alpha value is -0.340.